The molecule has 4 aromatic carbocycles. The van der Waals surface area contributed by atoms with Gasteiger partial charge in [-0.1, -0.05) is 56.1 Å². The molecule has 0 saturated heterocycles. The van der Waals surface area contributed by atoms with E-state index in [4.69, 9.17) is 51.2 Å². The highest BCUT2D eigenvalue weighted by atomic mass is 79.9. The largest absolute Gasteiger partial charge is 0.502 e. The Kier molecular flexibility index (Phi) is 59.9. The first-order chi connectivity index (χ1) is 61.0. The minimum Gasteiger partial charge on any atom is -0.502 e. The zero-order chi connectivity index (χ0) is 96.9. The van der Waals surface area contributed by atoms with Crippen LogP contribution in [0.2, 0.25) is 0 Å². The van der Waals surface area contributed by atoms with Crippen LogP contribution in [0.5, 0.6) is 11.5 Å². The second-order valence-corrected chi connectivity index (χ2v) is 35.3. The van der Waals surface area contributed by atoms with Gasteiger partial charge in [0, 0.05) is 162 Å². The number of aliphatic hydroxyl groups excluding tert-OH is 4. The standard InChI is InChI=1S/2C19H26N2O3S.C11H15N3O4.C10H15BrN2O.C8H7NO5.C8H11NO2S.C5H3BrFN.C5H13NO.C4H12N2/c2*1-19(2,3)24-18(23)16-13-25-17(21-16)14-8-7-9-15(12-14)20-10-5-4-6-11-22;1-13(2)6-5-12-11(16)8-3-4-9(14(17)18)10(15)7-8;11-9-4-6-13-10(8-9)12-5-2-1-3-7-14;1-14-8(11)5-2-3-6(9(12)13)7(10)4-5;1-8(2,3)11-7(10)6-4-12-5-9-6;6-4-1-2-8-5(7)3-4;6-4-2-1-3-5-7;1-6(2)4-3-5/h2*7-9,12-13,20,22H,4-6,10-11H2,1-3H3;3-4,7,15H,5-6H2,1-2H3,(H,12,16);4,6,8,14H,1-3,5,7H2,(H,12,13);2-4,10H,1H3;4-5H,1-3H3;1-3H;7H,1-6H2;3-5H2,1-2H3. The molecule has 14 N–H and O–H groups in total. The average Bonchev–Trinajstić information content (AvgIpc) is 1.83. The molecule has 5 heterocycles. The van der Waals surface area contributed by atoms with Crippen molar-refractivity contribution in [2.24, 2.45) is 11.5 Å². The number of thiazole rings is 3. The van der Waals surface area contributed by atoms with Crippen LogP contribution < -0.4 is 32.7 Å². The lowest BCUT2D eigenvalue weighted by Crippen LogP contribution is -2.31. The van der Waals surface area contributed by atoms with E-state index in [1.165, 1.54) is 65.5 Å². The van der Waals surface area contributed by atoms with E-state index < -0.39 is 73.4 Å². The highest BCUT2D eigenvalue weighted by Gasteiger charge is 2.24. The minimum absolute atomic E-state index is 0.0654. The fourth-order valence-electron chi connectivity index (χ4n) is 9.56. The third-order valence-electron chi connectivity index (χ3n) is 15.7. The fourth-order valence-corrected chi connectivity index (χ4v) is 12.3. The Morgan fingerprint density at radius 2 is 0.907 bits per heavy atom. The summed E-state index contributed by atoms with van der Waals surface area (Å²) in [5.41, 5.74) is 14.9. The molecule has 0 atom stereocenters. The lowest BCUT2D eigenvalue weighted by molar-refractivity contribution is -0.386. The first-order valence-electron chi connectivity index (χ1n) is 41.3. The summed E-state index contributed by atoms with van der Waals surface area (Å²) >= 11 is 10.7. The number of nitrogens with zero attached hydrogens (tertiary/aromatic N) is 9. The Morgan fingerprint density at radius 3 is 1.26 bits per heavy atom. The van der Waals surface area contributed by atoms with Gasteiger partial charge in [0.2, 0.25) is 5.95 Å². The van der Waals surface area contributed by atoms with Crippen molar-refractivity contribution < 1.29 is 87.8 Å². The second-order valence-electron chi connectivity index (χ2n) is 31.0. The first kappa shape index (κ1) is 117. The zero-order valence-corrected chi connectivity index (χ0v) is 81.5. The molecule has 9 aromatic rings. The summed E-state index contributed by atoms with van der Waals surface area (Å²) in [5.74, 6) is -2.82. The number of aromatic hydroxyl groups is 2. The van der Waals surface area contributed by atoms with Gasteiger partial charge in [0.05, 0.1) is 28.0 Å². The molecule has 0 aliphatic rings. The number of ether oxygens (including phenoxy) is 4. The summed E-state index contributed by atoms with van der Waals surface area (Å²) < 4.78 is 33.9. The number of esters is 4. The van der Waals surface area contributed by atoms with Gasteiger partial charge in [0.15, 0.2) is 28.6 Å². The average molecular weight is 1990 g/mol. The number of hydrogen-bond donors (Lipinski definition) is 12. The van der Waals surface area contributed by atoms with Crippen LogP contribution in [0.4, 0.5) is 33.0 Å². The van der Waals surface area contributed by atoms with E-state index in [-0.39, 0.29) is 42.8 Å². The number of nitro groups is 2. The molecule has 0 radical (unpaired) electrons. The van der Waals surface area contributed by atoms with Crippen molar-refractivity contribution in [1.29, 1.82) is 0 Å². The Hall–Kier alpha value is -10.2. The lowest BCUT2D eigenvalue weighted by atomic mass is 10.2. The van der Waals surface area contributed by atoms with E-state index in [2.05, 4.69) is 87.7 Å². The molecule has 129 heavy (non-hydrogen) atoms. The number of amides is 1. The van der Waals surface area contributed by atoms with E-state index in [9.17, 15) is 53.7 Å². The monoisotopic (exact) mass is 1980 g/mol. The van der Waals surface area contributed by atoms with Crippen molar-refractivity contribution in [1.82, 2.24) is 40.0 Å². The number of rotatable bonds is 36. The Bertz CT molecular complexity index is 4550. The quantitative estimate of drug-likeness (QED) is 0.00433. The molecule has 0 aliphatic carbocycles. The van der Waals surface area contributed by atoms with Gasteiger partial charge < -0.3 is 92.1 Å². The van der Waals surface area contributed by atoms with Gasteiger partial charge in [-0.2, -0.15) is 4.39 Å². The zero-order valence-electron chi connectivity index (χ0n) is 75.9. The number of benzene rings is 4. The van der Waals surface area contributed by atoms with Crippen molar-refractivity contribution in [3.8, 4) is 32.6 Å². The number of phenolic OH excluding ortho intramolecular Hbond substituents is 2. The molecular formula is C89H128Br2FN15O19S3. The normalized spacial score (nSPS) is 10.6. The van der Waals surface area contributed by atoms with Crippen LogP contribution >= 0.6 is 65.9 Å². The number of unbranched alkanes of at least 4 members (excludes halogenated alkanes) is 8. The summed E-state index contributed by atoms with van der Waals surface area (Å²) in [7, 11) is 8.95. The molecule has 0 fully saturated rings. The topological polar surface area (TPSA) is 501 Å². The summed E-state index contributed by atoms with van der Waals surface area (Å²) in [5, 5.41) is 93.1. The number of phenols is 2. The van der Waals surface area contributed by atoms with Gasteiger partial charge in [0.25, 0.3) is 5.91 Å². The minimum atomic E-state index is -0.740. The number of likely N-dealkylation sites (N-methyl/N-ethyl adjacent to an activating group) is 2. The predicted octanol–water partition coefficient (Wildman–Crippen LogP) is 16.5. The van der Waals surface area contributed by atoms with Crippen molar-refractivity contribution in [3.05, 3.63) is 207 Å². The molecule has 40 heteroatoms. The predicted molar refractivity (Wildman–Crippen MR) is 514 cm³/mol. The van der Waals surface area contributed by atoms with E-state index >= 15 is 0 Å². The number of nitrogens with two attached hydrogens (primary N) is 2. The van der Waals surface area contributed by atoms with Crippen molar-refractivity contribution in [2.75, 3.05) is 130 Å². The maximum Gasteiger partial charge on any atom is 0.358 e. The molecule has 0 aliphatic heterocycles. The maximum atomic E-state index is 12.1. The number of aliphatic hydroxyl groups is 4. The summed E-state index contributed by atoms with van der Waals surface area (Å²) in [6, 6.07) is 29.6. The van der Waals surface area contributed by atoms with Crippen LogP contribution in [0, 0.1) is 26.2 Å². The molecular weight excluding hydrogens is 1860 g/mol. The number of pyridine rings is 2. The van der Waals surface area contributed by atoms with E-state index in [0.717, 1.165) is 183 Å². The molecule has 0 saturated carbocycles. The Labute approximate surface area is 783 Å². The van der Waals surface area contributed by atoms with Crippen molar-refractivity contribution in [2.45, 2.75) is 156 Å². The molecule has 0 bridgehead atoms. The first-order valence-corrected chi connectivity index (χ1v) is 45.6. The number of carbonyl (C=O) groups is 5. The number of nitro benzene ring substituents is 2. The number of hydrogen-bond acceptors (Lipinski definition) is 34. The molecule has 5 aromatic heterocycles. The van der Waals surface area contributed by atoms with Crippen LogP contribution in [0.3, 0.4) is 0 Å². The van der Waals surface area contributed by atoms with Gasteiger partial charge in [-0.15, -0.1) is 34.0 Å². The molecule has 9 rings (SSSR count). The smallest absolute Gasteiger partial charge is 0.358 e. The van der Waals surface area contributed by atoms with E-state index in [0.29, 0.717) is 41.3 Å². The summed E-state index contributed by atoms with van der Waals surface area (Å²) in [4.78, 5) is 102. The van der Waals surface area contributed by atoms with Crippen molar-refractivity contribution >= 4 is 124 Å². The fraction of sp³-hybridized carbons (Fsp3) is 0.461. The highest BCUT2D eigenvalue weighted by Crippen LogP contribution is 2.31. The number of anilines is 3. The van der Waals surface area contributed by atoms with Gasteiger partial charge >= 0.3 is 35.3 Å². The number of halogens is 3. The summed E-state index contributed by atoms with van der Waals surface area (Å²) in [6.07, 6.45) is 14.9. The van der Waals surface area contributed by atoms with Crippen molar-refractivity contribution in [3.63, 3.8) is 0 Å². The Balaban J connectivity index is 0.000000751. The van der Waals surface area contributed by atoms with Crippen LogP contribution in [-0.2, 0) is 18.9 Å². The third kappa shape index (κ3) is 56.1. The molecule has 1 amide bonds. The second kappa shape index (κ2) is 66.2. The molecule has 0 spiro atoms. The van der Waals surface area contributed by atoms with Gasteiger partial charge in [-0.3, -0.25) is 25.0 Å². The van der Waals surface area contributed by atoms with Gasteiger partial charge in [0.1, 0.15) is 32.6 Å². The van der Waals surface area contributed by atoms with E-state index in [1.807, 2.05) is 156 Å². The third-order valence-corrected chi connectivity index (χ3v) is 19.0. The van der Waals surface area contributed by atoms with Crippen LogP contribution in [0.25, 0.3) is 21.1 Å². The summed E-state index contributed by atoms with van der Waals surface area (Å²) in [6.45, 7) is 23.9. The van der Waals surface area contributed by atoms with E-state index in [1.54, 1.807) is 33.9 Å². The molecule has 0 unspecified atom stereocenters. The number of nitrogens with one attached hydrogen (secondary N) is 4. The SMILES string of the molecule is CC(C)(C)OC(=O)c1csc(-c2cccc(NCCCCCO)c2)n1.CC(C)(C)OC(=O)c1csc(-c2cccc(NCCCCCO)c2)n1.CC(C)(C)OC(=O)c1cscn1.CN(C)CCN.CN(C)CCNC(=O)c1ccc([N+](=O)[O-])c(O)c1.COC(=O)c1ccc([N+](=O)[O-])c(O)c1.Fc1cc(Br)ccn1.NCCCCCO.OCCCCCNc1cc(Br)ccn1. The van der Waals surface area contributed by atoms with Crippen LogP contribution in [-0.4, -0.2) is 236 Å². The Morgan fingerprint density at radius 1 is 0.488 bits per heavy atom. The number of carbonyl (C=O) groups excluding carboxylic acids is 5. The van der Waals surface area contributed by atoms with Crippen LogP contribution in [0.1, 0.15) is 192 Å². The van der Waals surface area contributed by atoms with Crippen LogP contribution in [0.15, 0.2) is 152 Å². The van der Waals surface area contributed by atoms with Gasteiger partial charge in [-0.25, -0.2) is 44.1 Å². The highest BCUT2D eigenvalue weighted by molar-refractivity contribution is 9.10. The lowest BCUT2D eigenvalue weighted by Gasteiger charge is -2.18. The molecule has 34 nitrogen and oxygen atoms in total. The molecule has 712 valence electrons. The number of methoxy groups -OCH3 is 1. The van der Waals surface area contributed by atoms with Gasteiger partial charge in [-0.05, 0) is 235 Å². The number of aromatic nitrogens is 5. The maximum absolute atomic E-state index is 12.1.